The van der Waals surface area contributed by atoms with Gasteiger partial charge in [0, 0.05) is 0 Å². The predicted molar refractivity (Wildman–Crippen MR) is 78.7 cm³/mol. The van der Waals surface area contributed by atoms with Crippen molar-refractivity contribution >= 4 is 14.7 Å². The summed E-state index contributed by atoms with van der Waals surface area (Å²) in [4.78, 5) is 0.0791. The number of hydrogen-bond acceptors (Lipinski definition) is 2. The number of benzene rings is 2. The van der Waals surface area contributed by atoms with Crippen LogP contribution < -0.4 is 0 Å². The molecule has 0 fully saturated rings. The first-order valence-electron chi connectivity index (χ1n) is 6.41. The van der Waals surface area contributed by atoms with Crippen molar-refractivity contribution in [2.24, 2.45) is 0 Å². The molecule has 0 aliphatic rings. The van der Waals surface area contributed by atoms with Gasteiger partial charge in [0.25, 0.3) is 0 Å². The molecule has 2 rings (SSSR count). The minimum absolute atomic E-state index is 0.0209. The van der Waals surface area contributed by atoms with Crippen molar-refractivity contribution in [3.05, 3.63) is 71.8 Å². The number of allylic oxidation sites excluding steroid dienone is 1. The summed E-state index contributed by atoms with van der Waals surface area (Å²) < 4.78 is 62.8. The van der Waals surface area contributed by atoms with Gasteiger partial charge in [0.1, 0.15) is 0 Å². The van der Waals surface area contributed by atoms with E-state index in [0.717, 1.165) is 12.1 Å². The Morgan fingerprint density at radius 1 is 0.955 bits per heavy atom. The summed E-state index contributed by atoms with van der Waals surface area (Å²) in [6.07, 6.45) is -3.07. The Bertz CT molecular complexity index is 774. The molecule has 0 aliphatic carbocycles. The van der Waals surface area contributed by atoms with Gasteiger partial charge < -0.3 is 0 Å². The zero-order chi connectivity index (χ0) is 16.4. The highest BCUT2D eigenvalue weighted by molar-refractivity contribution is 8.00. The number of alkyl halides is 3. The van der Waals surface area contributed by atoms with Crippen LogP contribution in [0.25, 0.3) is 4.91 Å². The van der Waals surface area contributed by atoms with Crippen molar-refractivity contribution in [1.82, 2.24) is 0 Å². The third-order valence-corrected chi connectivity index (χ3v) is 5.05. The van der Waals surface area contributed by atoms with Gasteiger partial charge in [-0.05, 0) is 36.8 Å². The molecule has 2 aromatic rings. The van der Waals surface area contributed by atoms with Crippen LogP contribution in [0.15, 0.2) is 65.6 Å². The molecule has 6 heteroatoms. The fourth-order valence-corrected chi connectivity index (χ4v) is 3.55. The molecule has 116 valence electrons. The summed E-state index contributed by atoms with van der Waals surface area (Å²) in [7, 11) is -3.77. The van der Waals surface area contributed by atoms with Crippen molar-refractivity contribution in [3.8, 4) is 0 Å². The average molecular weight is 326 g/mol. The van der Waals surface area contributed by atoms with Gasteiger partial charge >= 0.3 is 6.18 Å². The van der Waals surface area contributed by atoms with Crippen molar-refractivity contribution in [1.29, 1.82) is 0 Å². The van der Waals surface area contributed by atoms with E-state index in [-0.39, 0.29) is 15.4 Å². The first kappa shape index (κ1) is 16.3. The topological polar surface area (TPSA) is 34.1 Å². The summed E-state index contributed by atoms with van der Waals surface area (Å²) in [5.41, 5.74) is -0.594. The van der Waals surface area contributed by atoms with Crippen molar-refractivity contribution in [2.45, 2.75) is 18.0 Å². The van der Waals surface area contributed by atoms with E-state index in [1.54, 1.807) is 18.2 Å². The number of rotatable bonds is 3. The quantitative estimate of drug-likeness (QED) is 0.830. The molecule has 0 N–H and O–H groups in total. The number of hydrogen-bond donors (Lipinski definition) is 0. The van der Waals surface area contributed by atoms with E-state index in [0.29, 0.717) is 0 Å². The van der Waals surface area contributed by atoms with Crippen molar-refractivity contribution in [2.75, 3.05) is 0 Å². The normalized spacial score (nSPS) is 13.2. The maximum absolute atomic E-state index is 12.6. The van der Waals surface area contributed by atoms with Gasteiger partial charge in [0.05, 0.1) is 15.4 Å². The predicted octanol–water partition coefficient (Wildman–Crippen LogP) is 4.54. The van der Waals surface area contributed by atoms with E-state index in [1.165, 1.54) is 37.3 Å². The van der Waals surface area contributed by atoms with Crippen molar-refractivity contribution < 1.29 is 21.6 Å². The van der Waals surface area contributed by atoms with E-state index >= 15 is 0 Å². The Hall–Kier alpha value is -2.08. The molecule has 2 nitrogen and oxygen atoms in total. The van der Waals surface area contributed by atoms with Gasteiger partial charge in [0.2, 0.25) is 9.84 Å². The molecule has 0 saturated heterocycles. The smallest absolute Gasteiger partial charge is 0.219 e. The van der Waals surface area contributed by atoms with E-state index in [9.17, 15) is 21.6 Å². The van der Waals surface area contributed by atoms with Crippen LogP contribution in [0.1, 0.15) is 18.1 Å². The molecular formula is C16H13F3O2S. The largest absolute Gasteiger partial charge is 0.416 e. The molecule has 2 aromatic carbocycles. The fourth-order valence-electron chi connectivity index (χ4n) is 2.03. The first-order valence-corrected chi connectivity index (χ1v) is 7.89. The van der Waals surface area contributed by atoms with Crippen LogP contribution in [-0.4, -0.2) is 8.42 Å². The van der Waals surface area contributed by atoms with Crippen LogP contribution in [0.2, 0.25) is 0 Å². The minimum Gasteiger partial charge on any atom is -0.219 e. The van der Waals surface area contributed by atoms with Gasteiger partial charge in [-0.3, -0.25) is 0 Å². The minimum atomic E-state index is -4.45. The lowest BCUT2D eigenvalue weighted by molar-refractivity contribution is -0.137. The lowest BCUT2D eigenvalue weighted by Gasteiger charge is -2.11. The molecule has 0 amide bonds. The molecule has 0 heterocycles. The second kappa shape index (κ2) is 5.96. The third-order valence-electron chi connectivity index (χ3n) is 3.10. The summed E-state index contributed by atoms with van der Waals surface area (Å²) in [5, 5.41) is 0. The lowest BCUT2D eigenvalue weighted by atomic mass is 10.1. The molecule has 0 saturated carbocycles. The molecule has 0 atom stereocenters. The van der Waals surface area contributed by atoms with Gasteiger partial charge in [-0.1, -0.05) is 36.4 Å². The van der Waals surface area contributed by atoms with Crippen LogP contribution >= 0.6 is 0 Å². The molecule has 0 aliphatic heterocycles. The van der Waals surface area contributed by atoms with Gasteiger partial charge in [-0.2, -0.15) is 13.2 Å². The van der Waals surface area contributed by atoms with Crippen LogP contribution in [0.3, 0.4) is 0 Å². The van der Waals surface area contributed by atoms with E-state index < -0.39 is 21.6 Å². The van der Waals surface area contributed by atoms with Crippen LogP contribution in [0, 0.1) is 0 Å². The van der Waals surface area contributed by atoms with Crippen LogP contribution in [0.5, 0.6) is 0 Å². The van der Waals surface area contributed by atoms with Crippen molar-refractivity contribution in [3.63, 3.8) is 0 Å². The summed E-state index contributed by atoms with van der Waals surface area (Å²) in [6, 6.07) is 11.8. The monoisotopic (exact) mass is 326 g/mol. The summed E-state index contributed by atoms with van der Waals surface area (Å²) in [6.45, 7) is 1.54. The highest BCUT2D eigenvalue weighted by Gasteiger charge is 2.30. The second-order valence-corrected chi connectivity index (χ2v) is 6.46. The number of halogens is 3. The Morgan fingerprint density at radius 3 is 1.95 bits per heavy atom. The zero-order valence-corrected chi connectivity index (χ0v) is 12.4. The molecule has 0 aromatic heterocycles. The maximum Gasteiger partial charge on any atom is 0.416 e. The molecule has 22 heavy (non-hydrogen) atoms. The molecule has 0 radical (unpaired) electrons. The molecular weight excluding hydrogens is 313 g/mol. The third kappa shape index (κ3) is 3.22. The average Bonchev–Trinajstić information content (AvgIpc) is 2.48. The molecule has 0 bridgehead atoms. The van der Waals surface area contributed by atoms with E-state index in [1.807, 2.05) is 0 Å². The Balaban J connectivity index is 2.46. The number of sulfone groups is 1. The first-order chi connectivity index (χ1) is 10.3. The Labute approximate surface area is 126 Å². The SMILES string of the molecule is C/C=C(\c1ccc(C(F)(F)F)cc1)S(=O)(=O)c1ccccc1. The highest BCUT2D eigenvalue weighted by atomic mass is 32.2. The maximum atomic E-state index is 12.6. The Morgan fingerprint density at radius 2 is 1.50 bits per heavy atom. The second-order valence-electron chi connectivity index (χ2n) is 4.54. The van der Waals surface area contributed by atoms with E-state index in [4.69, 9.17) is 0 Å². The van der Waals surface area contributed by atoms with Crippen LogP contribution in [-0.2, 0) is 16.0 Å². The molecule has 0 spiro atoms. The Kier molecular flexibility index (Phi) is 4.42. The van der Waals surface area contributed by atoms with Gasteiger partial charge in [-0.15, -0.1) is 0 Å². The lowest BCUT2D eigenvalue weighted by Crippen LogP contribution is -2.07. The van der Waals surface area contributed by atoms with Gasteiger partial charge in [0.15, 0.2) is 0 Å². The summed E-state index contributed by atoms with van der Waals surface area (Å²) in [5.74, 6) is 0. The van der Waals surface area contributed by atoms with Gasteiger partial charge in [-0.25, -0.2) is 8.42 Å². The van der Waals surface area contributed by atoms with E-state index in [2.05, 4.69) is 0 Å². The fraction of sp³-hybridized carbons (Fsp3) is 0.125. The standard InChI is InChI=1S/C16H13F3O2S/c1-2-15(22(20,21)14-6-4-3-5-7-14)12-8-10-13(11-9-12)16(17,18)19/h2-11H,1H3/b15-2+. The highest BCUT2D eigenvalue weighted by Crippen LogP contribution is 2.32. The zero-order valence-electron chi connectivity index (χ0n) is 11.6. The molecule has 0 unspecified atom stereocenters. The summed E-state index contributed by atoms with van der Waals surface area (Å²) >= 11 is 0. The van der Waals surface area contributed by atoms with Crippen LogP contribution in [0.4, 0.5) is 13.2 Å².